The van der Waals surface area contributed by atoms with Crippen molar-refractivity contribution in [3.8, 4) is 0 Å². The third-order valence-corrected chi connectivity index (χ3v) is 8.07. The Kier molecular flexibility index (Phi) is 7.07. The summed E-state index contributed by atoms with van der Waals surface area (Å²) in [5, 5.41) is 8.23. The van der Waals surface area contributed by atoms with Crippen molar-refractivity contribution >= 4 is 62.6 Å². The molecule has 0 fully saturated rings. The van der Waals surface area contributed by atoms with Crippen LogP contribution in [0.15, 0.2) is 90.1 Å². The number of ketones is 1. The predicted molar refractivity (Wildman–Crippen MR) is 153 cm³/mol. The van der Waals surface area contributed by atoms with Gasteiger partial charge in [-0.3, -0.25) is 9.59 Å². The Morgan fingerprint density at radius 2 is 1.65 bits per heavy atom. The van der Waals surface area contributed by atoms with Crippen LogP contribution in [-0.4, -0.2) is 11.7 Å². The molecule has 186 valence electrons. The number of rotatable bonds is 6. The fourth-order valence-corrected chi connectivity index (χ4v) is 6.11. The Balaban J connectivity index is 1.57. The van der Waals surface area contributed by atoms with Crippen LogP contribution in [0.25, 0.3) is 0 Å². The lowest BCUT2D eigenvalue weighted by atomic mass is 9.80. The van der Waals surface area contributed by atoms with Crippen molar-refractivity contribution in [1.29, 1.82) is 0 Å². The fourth-order valence-electron chi connectivity index (χ4n) is 4.57. The lowest BCUT2D eigenvalue weighted by Crippen LogP contribution is -2.22. The average Bonchev–Trinajstić information content (AvgIpc) is 3.21. The van der Waals surface area contributed by atoms with E-state index in [9.17, 15) is 9.59 Å². The predicted octanol–water partition coefficient (Wildman–Crippen LogP) is 7.73. The topological polar surface area (TPSA) is 84.2 Å². The van der Waals surface area contributed by atoms with Gasteiger partial charge in [0, 0.05) is 38.5 Å². The van der Waals surface area contributed by atoms with Gasteiger partial charge in [-0.1, -0.05) is 59.6 Å². The summed E-state index contributed by atoms with van der Waals surface area (Å²) in [4.78, 5) is 26.9. The number of halogens is 2. The van der Waals surface area contributed by atoms with Gasteiger partial charge in [-0.2, -0.15) is 0 Å². The molecule has 1 aromatic heterocycles. The van der Waals surface area contributed by atoms with Crippen LogP contribution in [0.4, 0.5) is 16.4 Å². The molecule has 1 aliphatic heterocycles. The molecule has 5 rings (SSSR count). The maximum Gasteiger partial charge on any atom is 0.228 e. The third kappa shape index (κ3) is 5.01. The summed E-state index contributed by atoms with van der Waals surface area (Å²) in [5.41, 5.74) is 11.5. The van der Waals surface area contributed by atoms with Crippen LogP contribution >= 0.6 is 34.5 Å². The smallest absolute Gasteiger partial charge is 0.228 e. The molecule has 0 aliphatic carbocycles. The number of fused-ring (bicyclic) bond motifs is 1. The Bertz CT molecular complexity index is 1530. The first kappa shape index (κ1) is 25.1. The highest BCUT2D eigenvalue weighted by Crippen LogP contribution is 2.52. The molecule has 0 saturated carbocycles. The minimum atomic E-state index is -0.394. The summed E-state index contributed by atoms with van der Waals surface area (Å²) >= 11 is 14.0. The van der Waals surface area contributed by atoms with Gasteiger partial charge >= 0.3 is 0 Å². The quantitative estimate of drug-likeness (QED) is 0.215. The van der Waals surface area contributed by atoms with Gasteiger partial charge in [0.15, 0.2) is 0 Å². The Hall–Kier alpha value is -3.58. The van der Waals surface area contributed by atoms with Crippen molar-refractivity contribution in [3.63, 3.8) is 0 Å². The molecule has 0 radical (unpaired) electrons. The van der Waals surface area contributed by atoms with E-state index in [4.69, 9.17) is 28.9 Å². The molecular formula is C29H23Cl2N3O2S. The highest BCUT2D eigenvalue weighted by molar-refractivity contribution is 7.19. The van der Waals surface area contributed by atoms with Crippen LogP contribution in [-0.2, 0) is 4.79 Å². The van der Waals surface area contributed by atoms with Crippen molar-refractivity contribution in [1.82, 2.24) is 0 Å². The molecule has 5 nitrogen and oxygen atoms in total. The van der Waals surface area contributed by atoms with Crippen LogP contribution in [0.3, 0.4) is 0 Å². The molecule has 3 aromatic carbocycles. The molecule has 4 N–H and O–H groups in total. The lowest BCUT2D eigenvalue weighted by molar-refractivity contribution is -0.115. The van der Waals surface area contributed by atoms with E-state index in [1.54, 1.807) is 24.3 Å². The number of hydrogen-bond donors (Lipinski definition) is 3. The average molecular weight is 548 g/mol. The van der Waals surface area contributed by atoms with Gasteiger partial charge in [0.25, 0.3) is 0 Å². The van der Waals surface area contributed by atoms with Crippen molar-refractivity contribution in [2.45, 2.75) is 19.3 Å². The monoisotopic (exact) mass is 547 g/mol. The van der Waals surface area contributed by atoms with Crippen molar-refractivity contribution < 1.29 is 9.59 Å². The van der Waals surface area contributed by atoms with Gasteiger partial charge in [-0.25, -0.2) is 0 Å². The number of para-hydroxylation sites is 1. The van der Waals surface area contributed by atoms with E-state index >= 15 is 0 Å². The highest BCUT2D eigenvalue weighted by atomic mass is 35.5. The Morgan fingerprint density at radius 3 is 2.35 bits per heavy atom. The van der Waals surface area contributed by atoms with Gasteiger partial charge in [0.1, 0.15) is 4.88 Å². The first-order valence-corrected chi connectivity index (χ1v) is 13.2. The normalized spacial score (nSPS) is 14.6. The summed E-state index contributed by atoms with van der Waals surface area (Å²) in [6, 6.07) is 23.6. The number of thiophene rings is 1. The van der Waals surface area contributed by atoms with Gasteiger partial charge in [-0.15, -0.1) is 11.3 Å². The minimum Gasteiger partial charge on any atom is -0.397 e. The Morgan fingerprint density at radius 1 is 0.973 bits per heavy atom. The number of hydrogen-bond acceptors (Lipinski definition) is 5. The van der Waals surface area contributed by atoms with Crippen molar-refractivity contribution in [2.24, 2.45) is 0 Å². The molecule has 2 heterocycles. The van der Waals surface area contributed by atoms with Gasteiger partial charge < -0.3 is 16.4 Å². The standard InChI is InChI=1S/C29H23Cl2N3O2S/c1-16-21(15-23(35)34-19-7-3-2-4-8-19)24(20-9-5-6-10-22(20)31)25-26(32)28(37-29(25)33-16)27(36)17-11-13-18(30)14-12-17/h2-14,24,33H,15,32H2,1H3,(H,34,35). The van der Waals surface area contributed by atoms with Crippen LogP contribution in [0.2, 0.25) is 10.0 Å². The summed E-state index contributed by atoms with van der Waals surface area (Å²) in [6.07, 6.45) is 0.124. The van der Waals surface area contributed by atoms with Crippen LogP contribution in [0.5, 0.6) is 0 Å². The number of nitrogens with one attached hydrogen (secondary N) is 2. The second-order valence-corrected chi connectivity index (χ2v) is 10.6. The molecule has 1 atom stereocenters. The zero-order chi connectivity index (χ0) is 26.1. The first-order valence-electron chi connectivity index (χ1n) is 11.6. The maximum atomic E-state index is 13.4. The number of benzene rings is 3. The van der Waals surface area contributed by atoms with Crippen LogP contribution < -0.4 is 16.4 Å². The summed E-state index contributed by atoms with van der Waals surface area (Å²) in [6.45, 7) is 1.93. The minimum absolute atomic E-state index is 0.124. The maximum absolute atomic E-state index is 13.4. The zero-order valence-corrected chi connectivity index (χ0v) is 22.2. The molecule has 4 aromatic rings. The van der Waals surface area contributed by atoms with Crippen LogP contribution in [0, 0.1) is 0 Å². The fraction of sp³-hybridized carbons (Fsp3) is 0.103. The van der Waals surface area contributed by atoms with Crippen LogP contribution in [0.1, 0.15) is 45.6 Å². The molecule has 0 bridgehead atoms. The van der Waals surface area contributed by atoms with E-state index < -0.39 is 5.92 Å². The van der Waals surface area contributed by atoms with Crippen molar-refractivity contribution in [3.05, 3.63) is 122 Å². The molecule has 8 heteroatoms. The number of amides is 1. The number of anilines is 3. The molecule has 37 heavy (non-hydrogen) atoms. The summed E-state index contributed by atoms with van der Waals surface area (Å²) in [5.74, 6) is -0.738. The van der Waals surface area contributed by atoms with E-state index in [2.05, 4.69) is 10.6 Å². The molecule has 0 saturated heterocycles. The number of nitrogens with two attached hydrogens (primary N) is 1. The van der Waals surface area contributed by atoms with E-state index in [1.165, 1.54) is 11.3 Å². The molecule has 1 amide bonds. The number of nitrogen functional groups attached to an aromatic ring is 1. The summed E-state index contributed by atoms with van der Waals surface area (Å²) in [7, 11) is 0. The highest BCUT2D eigenvalue weighted by Gasteiger charge is 2.36. The van der Waals surface area contributed by atoms with E-state index in [1.807, 2.05) is 61.5 Å². The number of carbonyl (C=O) groups is 2. The van der Waals surface area contributed by atoms with Gasteiger partial charge in [0.2, 0.25) is 11.7 Å². The van der Waals surface area contributed by atoms with E-state index in [0.29, 0.717) is 26.2 Å². The lowest BCUT2D eigenvalue weighted by Gasteiger charge is -2.30. The Labute approximate surface area is 228 Å². The number of allylic oxidation sites excluding steroid dienone is 1. The molecule has 1 aliphatic rings. The second-order valence-electron chi connectivity index (χ2n) is 8.74. The first-order chi connectivity index (χ1) is 17.8. The van der Waals surface area contributed by atoms with E-state index in [-0.39, 0.29) is 18.1 Å². The SMILES string of the molecule is CC1=C(CC(=O)Nc2ccccc2)C(c2ccccc2Cl)c2c(sc(C(=O)c3ccc(Cl)cc3)c2N)N1. The third-order valence-electron chi connectivity index (χ3n) is 6.34. The van der Waals surface area contributed by atoms with E-state index in [0.717, 1.165) is 33.1 Å². The number of carbonyl (C=O) groups excluding carboxylic acids is 2. The zero-order valence-electron chi connectivity index (χ0n) is 19.8. The second kappa shape index (κ2) is 10.4. The van der Waals surface area contributed by atoms with Crippen molar-refractivity contribution in [2.75, 3.05) is 16.4 Å². The van der Waals surface area contributed by atoms with Gasteiger partial charge in [-0.05, 0) is 60.5 Å². The summed E-state index contributed by atoms with van der Waals surface area (Å²) < 4.78 is 0. The van der Waals surface area contributed by atoms with Gasteiger partial charge in [0.05, 0.1) is 17.1 Å². The molecular weight excluding hydrogens is 525 g/mol. The molecule has 1 unspecified atom stereocenters. The largest absolute Gasteiger partial charge is 0.397 e. The molecule has 0 spiro atoms.